The summed E-state index contributed by atoms with van der Waals surface area (Å²) in [5.74, 6) is 0.627. The second-order valence-corrected chi connectivity index (χ2v) is 20.9. The number of fused-ring (bicyclic) bond motifs is 6. The smallest absolute Gasteiger partial charge is 0.147 e. The number of hydrogen-bond donors (Lipinski definition) is 0. The number of imidazole rings is 1. The van der Waals surface area contributed by atoms with E-state index in [2.05, 4.69) is 107 Å². The Bertz CT molecular complexity index is 3410. The van der Waals surface area contributed by atoms with Crippen molar-refractivity contribution in [3.05, 3.63) is 199 Å². The summed E-state index contributed by atoms with van der Waals surface area (Å²) in [5.41, 5.74) is 14.0. The van der Waals surface area contributed by atoms with E-state index in [1.807, 2.05) is 73.5 Å². The molecule has 9 aromatic rings. The Kier molecular flexibility index (Phi) is 17.7. The minimum atomic E-state index is -0.370. The maximum atomic E-state index is 13.2. The topological polar surface area (TPSA) is 48.6 Å². The first-order valence-electron chi connectivity index (χ1n) is 24.4. The molecule has 0 bridgehead atoms. The molecule has 384 valence electrons. The van der Waals surface area contributed by atoms with Crippen molar-refractivity contribution in [2.75, 3.05) is 67.4 Å². The average molecular weight is 1100 g/mol. The molecule has 15 heteroatoms. The molecule has 13 rings (SSSR count). The van der Waals surface area contributed by atoms with Crippen LogP contribution in [-0.4, -0.2) is 73.0 Å². The van der Waals surface area contributed by atoms with Crippen LogP contribution in [0.5, 0.6) is 0 Å². The van der Waals surface area contributed by atoms with Gasteiger partial charge < -0.3 is 28.7 Å². The van der Waals surface area contributed by atoms with Crippen LogP contribution in [-0.2, 0) is 39.8 Å². The molecule has 0 saturated carbocycles. The molecule has 0 fully saturated rings. The summed E-state index contributed by atoms with van der Waals surface area (Å²) in [6, 6.07) is 39.1. The number of rotatable bonds is 1. The second-order valence-electron chi connectivity index (χ2n) is 18.8. The molecular formula is C59H59Cl5F2N8. The van der Waals surface area contributed by atoms with Crippen LogP contribution in [0, 0.1) is 11.6 Å². The lowest BCUT2D eigenvalue weighted by atomic mass is 9.98. The predicted molar refractivity (Wildman–Crippen MR) is 310 cm³/mol. The molecule has 0 aliphatic carbocycles. The standard InChI is InChI=1S/C15H13ClFN.C10H13N.C9H9Cl2N.C9H8FN.C8H6Cl2N2.C8H10N2/c1-18-8-7-12-11(3-2-4-15(12)18)10-5-6-14(17)13(16)9-10;1-8-7-9-5-3-4-6-10(9)11(8)2;1-12-3-2-6-4-7(10)8(11)5-9(6)12;1-11-6-5-7-3-2-4-8(10)9(7)11;1-12-4-11-7-2-5(9)6(10)3-8(7)12;1-10-6-4-7-3-2-5-9-8(7)10/h2-6,9H,7-8H2,1H3;3-6,8H,7H2,1-2H3;4-5H,2-3H2,1H3;2-6H,1H3;2-4H,1H3;2-3,5H,4,6H2,1H3. The van der Waals surface area contributed by atoms with Crippen molar-refractivity contribution in [3.8, 4) is 11.1 Å². The molecule has 7 heterocycles. The number of aryl methyl sites for hydroxylation is 2. The van der Waals surface area contributed by atoms with Gasteiger partial charge in [-0.15, -0.1) is 0 Å². The summed E-state index contributed by atoms with van der Waals surface area (Å²) in [6.45, 7) is 5.47. The lowest BCUT2D eigenvalue weighted by Crippen LogP contribution is -2.23. The van der Waals surface area contributed by atoms with Gasteiger partial charge in [0.15, 0.2) is 0 Å². The fourth-order valence-corrected chi connectivity index (χ4v) is 10.4. The van der Waals surface area contributed by atoms with Crippen LogP contribution >= 0.6 is 58.0 Å². The van der Waals surface area contributed by atoms with E-state index in [-0.39, 0.29) is 16.7 Å². The summed E-state index contributed by atoms with van der Waals surface area (Å²) in [7, 11) is 12.2. The van der Waals surface area contributed by atoms with Crippen LogP contribution in [0.15, 0.2) is 140 Å². The molecule has 6 aromatic carbocycles. The van der Waals surface area contributed by atoms with Crippen molar-refractivity contribution in [2.24, 2.45) is 14.1 Å². The van der Waals surface area contributed by atoms with E-state index in [1.54, 1.807) is 35.2 Å². The molecule has 0 N–H and O–H groups in total. The molecule has 0 saturated heterocycles. The molecular weight excluding hydrogens is 1040 g/mol. The van der Waals surface area contributed by atoms with Gasteiger partial charge in [0, 0.05) is 103 Å². The van der Waals surface area contributed by atoms with Gasteiger partial charge in [0.25, 0.3) is 0 Å². The van der Waals surface area contributed by atoms with Gasteiger partial charge in [-0.1, -0.05) is 113 Å². The zero-order valence-electron chi connectivity index (χ0n) is 42.5. The van der Waals surface area contributed by atoms with Gasteiger partial charge in [0.2, 0.25) is 0 Å². The molecule has 1 atom stereocenters. The average Bonchev–Trinajstić information content (AvgIpc) is 4.27. The highest BCUT2D eigenvalue weighted by Gasteiger charge is 2.22. The van der Waals surface area contributed by atoms with E-state index in [9.17, 15) is 8.78 Å². The van der Waals surface area contributed by atoms with Crippen LogP contribution in [0.4, 0.5) is 31.7 Å². The number of aromatic nitrogens is 4. The molecule has 0 amide bonds. The lowest BCUT2D eigenvalue weighted by Gasteiger charge is -2.17. The highest BCUT2D eigenvalue weighted by molar-refractivity contribution is 6.43. The quantitative estimate of drug-likeness (QED) is 0.163. The highest BCUT2D eigenvalue weighted by atomic mass is 35.5. The third-order valence-corrected chi connectivity index (χ3v) is 15.6. The zero-order chi connectivity index (χ0) is 52.8. The minimum absolute atomic E-state index is 0.157. The third-order valence-electron chi connectivity index (χ3n) is 13.8. The maximum absolute atomic E-state index is 13.2. The summed E-state index contributed by atoms with van der Waals surface area (Å²) in [6.07, 6.45) is 9.89. The van der Waals surface area contributed by atoms with Crippen molar-refractivity contribution in [1.29, 1.82) is 0 Å². The number of halogens is 7. The van der Waals surface area contributed by atoms with Crippen molar-refractivity contribution >= 4 is 103 Å². The molecule has 3 aromatic heterocycles. The molecule has 4 aliphatic heterocycles. The number of para-hydroxylation sites is 2. The first-order chi connectivity index (χ1) is 35.5. The van der Waals surface area contributed by atoms with Gasteiger partial charge in [-0.05, 0) is 133 Å². The van der Waals surface area contributed by atoms with E-state index in [4.69, 9.17) is 58.0 Å². The zero-order valence-corrected chi connectivity index (χ0v) is 46.3. The minimum Gasteiger partial charge on any atom is -0.374 e. The van der Waals surface area contributed by atoms with Gasteiger partial charge in [0.1, 0.15) is 17.5 Å². The van der Waals surface area contributed by atoms with Crippen LogP contribution in [0.3, 0.4) is 0 Å². The molecule has 4 aliphatic rings. The first-order valence-corrected chi connectivity index (χ1v) is 26.3. The number of pyridine rings is 1. The molecule has 8 nitrogen and oxygen atoms in total. The third kappa shape index (κ3) is 12.4. The molecule has 1 unspecified atom stereocenters. The van der Waals surface area contributed by atoms with Crippen molar-refractivity contribution in [3.63, 3.8) is 0 Å². The maximum Gasteiger partial charge on any atom is 0.147 e. The van der Waals surface area contributed by atoms with Gasteiger partial charge >= 0.3 is 0 Å². The lowest BCUT2D eigenvalue weighted by molar-refractivity contribution is 0.628. The van der Waals surface area contributed by atoms with E-state index in [1.165, 1.54) is 57.9 Å². The Balaban J connectivity index is 0.000000120. The number of anilines is 4. The molecule has 74 heavy (non-hydrogen) atoms. The Morgan fingerprint density at radius 1 is 0.527 bits per heavy atom. The Morgan fingerprint density at radius 3 is 1.95 bits per heavy atom. The van der Waals surface area contributed by atoms with E-state index >= 15 is 0 Å². The van der Waals surface area contributed by atoms with Crippen molar-refractivity contribution < 1.29 is 8.78 Å². The summed E-state index contributed by atoms with van der Waals surface area (Å²) in [5, 5.41) is 3.54. The van der Waals surface area contributed by atoms with Crippen LogP contribution in [0.25, 0.3) is 33.1 Å². The predicted octanol–water partition coefficient (Wildman–Crippen LogP) is 15.5. The summed E-state index contributed by atoms with van der Waals surface area (Å²) >= 11 is 29.3. The normalized spacial score (nSPS) is 14.5. The van der Waals surface area contributed by atoms with Gasteiger partial charge in [0.05, 0.1) is 48.0 Å². The SMILES string of the molecule is CC1Cc2ccccc2N1C.CN1CCc2c(-c3ccc(F)c(Cl)c3)cccc21.CN1CCc2cc(Cl)c(Cl)cc21.CN1CCc2cccnc21.Cn1ccc2cccc(F)c21.Cn1cnc2cc(Cl)c(Cl)cc21. The fraction of sp³-hybridized carbons (Fsp3) is 0.254. The number of nitrogens with zero attached hydrogens (tertiary/aromatic N) is 8. The first kappa shape index (κ1) is 54.3. The van der Waals surface area contributed by atoms with E-state index in [0.717, 1.165) is 72.3 Å². The van der Waals surface area contributed by atoms with Gasteiger partial charge in [-0.2, -0.15) is 0 Å². The monoisotopic (exact) mass is 1090 g/mol. The molecule has 0 spiro atoms. The Morgan fingerprint density at radius 2 is 1.19 bits per heavy atom. The largest absolute Gasteiger partial charge is 0.374 e. The summed E-state index contributed by atoms with van der Waals surface area (Å²) in [4.78, 5) is 17.4. The van der Waals surface area contributed by atoms with Crippen molar-refractivity contribution in [1.82, 2.24) is 19.1 Å². The van der Waals surface area contributed by atoms with Crippen molar-refractivity contribution in [2.45, 2.75) is 38.6 Å². The van der Waals surface area contributed by atoms with Gasteiger partial charge in [-0.3, -0.25) is 0 Å². The molecule has 0 radical (unpaired) electrons. The fourth-order valence-electron chi connectivity index (χ4n) is 9.58. The van der Waals surface area contributed by atoms with Crippen LogP contribution in [0.1, 0.15) is 29.2 Å². The second kappa shape index (κ2) is 24.1. The Hall–Kier alpha value is -6.01. The number of hydrogen-bond acceptors (Lipinski definition) is 6. The van der Waals surface area contributed by atoms with Crippen LogP contribution in [0.2, 0.25) is 25.1 Å². The Labute approximate surface area is 458 Å². The number of likely N-dealkylation sites (N-methyl/N-ethyl adjacent to an activating group) is 4. The summed E-state index contributed by atoms with van der Waals surface area (Å²) < 4.78 is 30.0. The number of benzene rings is 6. The van der Waals surface area contributed by atoms with Gasteiger partial charge in [-0.25, -0.2) is 18.7 Å². The van der Waals surface area contributed by atoms with E-state index < -0.39 is 0 Å². The van der Waals surface area contributed by atoms with E-state index in [0.29, 0.717) is 31.6 Å². The van der Waals surface area contributed by atoms with Crippen LogP contribution < -0.4 is 19.6 Å². The highest BCUT2D eigenvalue weighted by Crippen LogP contribution is 2.37.